The van der Waals surface area contributed by atoms with Crippen LogP contribution in [-0.2, 0) is 5.54 Å². The van der Waals surface area contributed by atoms with Gasteiger partial charge in [-0.05, 0) is 24.1 Å². The molecule has 0 unspecified atom stereocenters. The van der Waals surface area contributed by atoms with Crippen molar-refractivity contribution in [1.29, 1.82) is 0 Å². The SMILES string of the molecule is Cc1cc(C2(N)CNC2)ccc1OC(F)F.Cl. The summed E-state index contributed by atoms with van der Waals surface area (Å²) in [6.45, 7) is 0.362. The summed E-state index contributed by atoms with van der Waals surface area (Å²) >= 11 is 0. The van der Waals surface area contributed by atoms with E-state index in [1.807, 2.05) is 0 Å². The Morgan fingerprint density at radius 3 is 2.47 bits per heavy atom. The van der Waals surface area contributed by atoms with E-state index in [2.05, 4.69) is 10.1 Å². The maximum Gasteiger partial charge on any atom is 0.387 e. The van der Waals surface area contributed by atoms with Gasteiger partial charge in [-0.25, -0.2) is 0 Å². The summed E-state index contributed by atoms with van der Waals surface area (Å²) in [5.74, 6) is 0.203. The molecule has 17 heavy (non-hydrogen) atoms. The summed E-state index contributed by atoms with van der Waals surface area (Å²) < 4.78 is 28.5. The third-order valence-electron chi connectivity index (χ3n) is 2.85. The quantitative estimate of drug-likeness (QED) is 0.875. The van der Waals surface area contributed by atoms with Crippen LogP contribution in [0.2, 0.25) is 0 Å². The second-order valence-corrected chi connectivity index (χ2v) is 4.12. The fourth-order valence-corrected chi connectivity index (χ4v) is 1.79. The van der Waals surface area contributed by atoms with Gasteiger partial charge in [-0.2, -0.15) is 8.78 Å². The van der Waals surface area contributed by atoms with E-state index in [0.717, 1.165) is 5.56 Å². The molecule has 1 aliphatic rings. The Kier molecular flexibility index (Phi) is 4.30. The highest BCUT2D eigenvalue weighted by atomic mass is 35.5. The van der Waals surface area contributed by atoms with Crippen molar-refractivity contribution in [2.75, 3.05) is 13.1 Å². The van der Waals surface area contributed by atoms with Gasteiger partial charge in [0.25, 0.3) is 0 Å². The van der Waals surface area contributed by atoms with Gasteiger partial charge in [0.15, 0.2) is 0 Å². The van der Waals surface area contributed by atoms with E-state index in [4.69, 9.17) is 5.73 Å². The van der Waals surface area contributed by atoms with E-state index in [-0.39, 0.29) is 23.7 Å². The Labute approximate surface area is 105 Å². The first-order valence-electron chi connectivity index (χ1n) is 5.07. The molecule has 2 rings (SSSR count). The molecule has 0 amide bonds. The third kappa shape index (κ3) is 2.86. The Morgan fingerprint density at radius 2 is 2.06 bits per heavy atom. The third-order valence-corrected chi connectivity index (χ3v) is 2.85. The molecule has 1 saturated heterocycles. The van der Waals surface area contributed by atoms with Gasteiger partial charge >= 0.3 is 6.61 Å². The van der Waals surface area contributed by atoms with E-state index < -0.39 is 6.61 Å². The smallest absolute Gasteiger partial charge is 0.387 e. The predicted molar refractivity (Wildman–Crippen MR) is 63.8 cm³/mol. The number of rotatable bonds is 3. The second-order valence-electron chi connectivity index (χ2n) is 4.12. The Bertz CT molecular complexity index is 397. The number of nitrogens with two attached hydrogens (primary N) is 1. The molecule has 0 saturated carbocycles. The van der Waals surface area contributed by atoms with Gasteiger partial charge in [-0.15, -0.1) is 12.4 Å². The van der Waals surface area contributed by atoms with E-state index in [0.29, 0.717) is 18.7 Å². The normalized spacial score (nSPS) is 17.2. The molecule has 0 aromatic heterocycles. The number of aryl methyl sites for hydroxylation is 1. The molecule has 0 radical (unpaired) electrons. The lowest BCUT2D eigenvalue weighted by Crippen LogP contribution is -2.62. The zero-order chi connectivity index (χ0) is 11.8. The molecule has 1 fully saturated rings. The number of benzene rings is 1. The van der Waals surface area contributed by atoms with Gasteiger partial charge in [-0.1, -0.05) is 12.1 Å². The Balaban J connectivity index is 0.00000144. The summed E-state index contributed by atoms with van der Waals surface area (Å²) in [5, 5.41) is 3.09. The average molecular weight is 265 g/mol. The van der Waals surface area contributed by atoms with Crippen molar-refractivity contribution in [2.24, 2.45) is 5.73 Å². The molecule has 6 heteroatoms. The van der Waals surface area contributed by atoms with Crippen LogP contribution in [0.15, 0.2) is 18.2 Å². The first-order chi connectivity index (χ1) is 7.51. The molecule has 96 valence electrons. The number of alkyl halides is 2. The van der Waals surface area contributed by atoms with Gasteiger partial charge in [0, 0.05) is 13.1 Å². The van der Waals surface area contributed by atoms with Crippen LogP contribution < -0.4 is 15.8 Å². The summed E-state index contributed by atoms with van der Waals surface area (Å²) in [7, 11) is 0. The minimum Gasteiger partial charge on any atom is -0.435 e. The topological polar surface area (TPSA) is 47.3 Å². The molecule has 0 atom stereocenters. The van der Waals surface area contributed by atoms with E-state index in [1.54, 1.807) is 25.1 Å². The Morgan fingerprint density at radius 1 is 1.41 bits per heavy atom. The zero-order valence-corrected chi connectivity index (χ0v) is 10.2. The zero-order valence-electron chi connectivity index (χ0n) is 9.37. The first-order valence-corrected chi connectivity index (χ1v) is 5.07. The number of hydrogen-bond donors (Lipinski definition) is 2. The first kappa shape index (κ1) is 14.2. The summed E-state index contributed by atoms with van der Waals surface area (Å²) in [6, 6.07) is 5.09. The van der Waals surface area contributed by atoms with Gasteiger partial charge < -0.3 is 15.8 Å². The van der Waals surface area contributed by atoms with Gasteiger partial charge in [0.05, 0.1) is 5.54 Å². The monoisotopic (exact) mass is 264 g/mol. The van der Waals surface area contributed by atoms with Crippen LogP contribution >= 0.6 is 12.4 Å². The van der Waals surface area contributed by atoms with Crippen molar-refractivity contribution in [1.82, 2.24) is 5.32 Å². The minimum absolute atomic E-state index is 0. The van der Waals surface area contributed by atoms with Gasteiger partial charge in [0.1, 0.15) is 5.75 Å². The molecule has 1 aromatic rings. The lowest BCUT2D eigenvalue weighted by molar-refractivity contribution is -0.0503. The molecular formula is C11H15ClF2N2O. The minimum atomic E-state index is -2.79. The van der Waals surface area contributed by atoms with Crippen molar-refractivity contribution in [2.45, 2.75) is 19.1 Å². The molecular weight excluding hydrogens is 250 g/mol. The number of ether oxygens (including phenoxy) is 1. The van der Waals surface area contributed by atoms with Gasteiger partial charge in [0.2, 0.25) is 0 Å². The Hall–Kier alpha value is -0.910. The highest BCUT2D eigenvalue weighted by Crippen LogP contribution is 2.28. The maximum absolute atomic E-state index is 12.1. The number of hydrogen-bond acceptors (Lipinski definition) is 3. The lowest BCUT2D eigenvalue weighted by atomic mass is 9.84. The van der Waals surface area contributed by atoms with Crippen LogP contribution in [0.3, 0.4) is 0 Å². The molecule has 0 bridgehead atoms. The highest BCUT2D eigenvalue weighted by Gasteiger charge is 2.34. The van der Waals surface area contributed by atoms with E-state index in [1.165, 1.54) is 0 Å². The standard InChI is InChI=1S/C11H14F2N2O.ClH/c1-7-4-8(11(14)5-15-6-11)2-3-9(7)16-10(12)13;/h2-4,10,15H,5-6,14H2,1H3;1H. The average Bonchev–Trinajstić information content (AvgIpc) is 2.17. The number of nitrogens with one attached hydrogen (secondary N) is 1. The van der Waals surface area contributed by atoms with Crippen molar-refractivity contribution < 1.29 is 13.5 Å². The summed E-state index contributed by atoms with van der Waals surface area (Å²) in [6.07, 6.45) is 0. The van der Waals surface area contributed by atoms with Crippen LogP contribution in [0.5, 0.6) is 5.75 Å². The fraction of sp³-hybridized carbons (Fsp3) is 0.455. The number of halogens is 3. The molecule has 1 aromatic carbocycles. The van der Waals surface area contributed by atoms with Crippen molar-refractivity contribution >= 4 is 12.4 Å². The second kappa shape index (κ2) is 5.16. The molecule has 1 aliphatic heterocycles. The summed E-state index contributed by atoms with van der Waals surface area (Å²) in [4.78, 5) is 0. The van der Waals surface area contributed by atoms with Crippen LogP contribution in [0, 0.1) is 6.92 Å². The van der Waals surface area contributed by atoms with Crippen LogP contribution in [-0.4, -0.2) is 19.7 Å². The van der Waals surface area contributed by atoms with Crippen LogP contribution in [0.25, 0.3) is 0 Å². The largest absolute Gasteiger partial charge is 0.435 e. The predicted octanol–water partition coefficient (Wildman–Crippen LogP) is 1.78. The van der Waals surface area contributed by atoms with Crippen LogP contribution in [0.4, 0.5) is 8.78 Å². The van der Waals surface area contributed by atoms with E-state index >= 15 is 0 Å². The van der Waals surface area contributed by atoms with Crippen LogP contribution in [0.1, 0.15) is 11.1 Å². The lowest BCUT2D eigenvalue weighted by Gasteiger charge is -2.39. The molecule has 0 spiro atoms. The van der Waals surface area contributed by atoms with E-state index in [9.17, 15) is 8.78 Å². The van der Waals surface area contributed by atoms with Crippen molar-refractivity contribution in [3.63, 3.8) is 0 Å². The molecule has 3 nitrogen and oxygen atoms in total. The van der Waals surface area contributed by atoms with Crippen molar-refractivity contribution in [3.05, 3.63) is 29.3 Å². The van der Waals surface area contributed by atoms with Gasteiger partial charge in [-0.3, -0.25) is 0 Å². The summed E-state index contributed by atoms with van der Waals surface area (Å²) in [5.41, 5.74) is 7.35. The molecule has 0 aliphatic carbocycles. The maximum atomic E-state index is 12.1. The molecule has 3 N–H and O–H groups in total. The molecule has 1 heterocycles. The highest BCUT2D eigenvalue weighted by molar-refractivity contribution is 5.85. The fourth-order valence-electron chi connectivity index (χ4n) is 1.79. The van der Waals surface area contributed by atoms with Crippen molar-refractivity contribution in [3.8, 4) is 5.75 Å².